The predicted octanol–water partition coefficient (Wildman–Crippen LogP) is 3.25. The molecule has 0 radical (unpaired) electrons. The molecule has 1 aliphatic rings. The summed E-state index contributed by atoms with van der Waals surface area (Å²) in [7, 11) is 0. The van der Waals surface area contributed by atoms with Gasteiger partial charge in [0.15, 0.2) is 0 Å². The SMILES string of the molecule is CC(CN=[N+]=[N-])(N=[N+]=[N-])C1=CC=CC1. The lowest BCUT2D eigenvalue weighted by atomic mass is 9.92. The average molecular weight is 190 g/mol. The molecule has 14 heavy (non-hydrogen) atoms. The molecule has 0 bridgehead atoms. The Hall–Kier alpha value is -1.90. The van der Waals surface area contributed by atoms with E-state index in [1.807, 2.05) is 18.2 Å². The van der Waals surface area contributed by atoms with Gasteiger partial charge in [-0.1, -0.05) is 41.0 Å². The summed E-state index contributed by atoms with van der Waals surface area (Å²) >= 11 is 0. The fourth-order valence-corrected chi connectivity index (χ4v) is 1.31. The fourth-order valence-electron chi connectivity index (χ4n) is 1.31. The van der Waals surface area contributed by atoms with Crippen molar-refractivity contribution in [2.45, 2.75) is 18.9 Å². The third-order valence-corrected chi connectivity index (χ3v) is 2.17. The van der Waals surface area contributed by atoms with Gasteiger partial charge < -0.3 is 0 Å². The molecule has 0 aromatic carbocycles. The number of allylic oxidation sites excluding steroid dienone is 3. The monoisotopic (exact) mass is 190 g/mol. The van der Waals surface area contributed by atoms with Crippen molar-refractivity contribution in [3.8, 4) is 0 Å². The zero-order chi connectivity index (χ0) is 10.4. The molecule has 0 amide bonds. The first-order valence-corrected chi connectivity index (χ1v) is 4.16. The molecule has 0 saturated heterocycles. The van der Waals surface area contributed by atoms with Crippen LogP contribution in [-0.4, -0.2) is 12.1 Å². The molecule has 0 spiro atoms. The van der Waals surface area contributed by atoms with Crippen molar-refractivity contribution in [2.24, 2.45) is 10.2 Å². The molecule has 1 atom stereocenters. The lowest BCUT2D eigenvalue weighted by Crippen LogP contribution is -2.27. The first-order valence-electron chi connectivity index (χ1n) is 4.16. The summed E-state index contributed by atoms with van der Waals surface area (Å²) in [6, 6.07) is 0. The lowest BCUT2D eigenvalue weighted by molar-refractivity contribution is 0.549. The average Bonchev–Trinajstić information content (AvgIpc) is 2.68. The van der Waals surface area contributed by atoms with Crippen LogP contribution in [0, 0.1) is 0 Å². The van der Waals surface area contributed by atoms with Gasteiger partial charge in [-0.15, -0.1) is 0 Å². The molecule has 0 fully saturated rings. The van der Waals surface area contributed by atoms with Crippen molar-refractivity contribution < 1.29 is 0 Å². The number of hydrogen-bond acceptors (Lipinski definition) is 2. The van der Waals surface area contributed by atoms with Crippen molar-refractivity contribution in [3.63, 3.8) is 0 Å². The predicted molar refractivity (Wildman–Crippen MR) is 53.4 cm³/mol. The normalized spacial score (nSPS) is 17.6. The van der Waals surface area contributed by atoms with Crippen LogP contribution in [0.5, 0.6) is 0 Å². The van der Waals surface area contributed by atoms with Gasteiger partial charge in [-0.25, -0.2) is 0 Å². The van der Waals surface area contributed by atoms with E-state index in [0.717, 1.165) is 12.0 Å². The summed E-state index contributed by atoms with van der Waals surface area (Å²) in [5.41, 5.74) is 16.9. The smallest absolute Gasteiger partial charge is 0.0731 e. The number of nitrogens with zero attached hydrogens (tertiary/aromatic N) is 6. The Kier molecular flexibility index (Phi) is 3.18. The van der Waals surface area contributed by atoms with Crippen LogP contribution in [0.15, 0.2) is 34.0 Å². The van der Waals surface area contributed by atoms with Crippen LogP contribution in [0.3, 0.4) is 0 Å². The third kappa shape index (κ3) is 2.07. The van der Waals surface area contributed by atoms with E-state index in [4.69, 9.17) is 11.1 Å². The molecule has 1 unspecified atom stereocenters. The van der Waals surface area contributed by atoms with Crippen LogP contribution in [0.2, 0.25) is 0 Å². The van der Waals surface area contributed by atoms with Crippen molar-refractivity contribution in [1.29, 1.82) is 0 Å². The van der Waals surface area contributed by atoms with Gasteiger partial charge in [-0.05, 0) is 17.5 Å². The van der Waals surface area contributed by atoms with Crippen molar-refractivity contribution in [1.82, 2.24) is 0 Å². The molecule has 0 heterocycles. The Morgan fingerprint density at radius 2 is 2.29 bits per heavy atom. The molecular formula is C8H10N6. The second kappa shape index (κ2) is 4.37. The molecular weight excluding hydrogens is 180 g/mol. The zero-order valence-corrected chi connectivity index (χ0v) is 7.83. The Labute approximate surface area is 81.2 Å². The summed E-state index contributed by atoms with van der Waals surface area (Å²) in [5.74, 6) is 0. The number of hydrogen-bond donors (Lipinski definition) is 0. The zero-order valence-electron chi connectivity index (χ0n) is 7.83. The molecule has 72 valence electrons. The van der Waals surface area contributed by atoms with Gasteiger partial charge in [0.1, 0.15) is 0 Å². The lowest BCUT2D eigenvalue weighted by Gasteiger charge is -2.23. The van der Waals surface area contributed by atoms with Gasteiger partial charge in [-0.2, -0.15) is 0 Å². The minimum absolute atomic E-state index is 0.154. The molecule has 1 aliphatic carbocycles. The van der Waals surface area contributed by atoms with Crippen LogP contribution < -0.4 is 0 Å². The maximum absolute atomic E-state index is 8.44. The van der Waals surface area contributed by atoms with Crippen molar-refractivity contribution >= 4 is 0 Å². The molecule has 6 nitrogen and oxygen atoms in total. The molecule has 0 aromatic rings. The summed E-state index contributed by atoms with van der Waals surface area (Å²) < 4.78 is 0. The molecule has 0 aliphatic heterocycles. The van der Waals surface area contributed by atoms with E-state index in [0.29, 0.717) is 0 Å². The van der Waals surface area contributed by atoms with E-state index < -0.39 is 5.54 Å². The van der Waals surface area contributed by atoms with E-state index in [-0.39, 0.29) is 6.54 Å². The maximum Gasteiger partial charge on any atom is 0.0731 e. The Morgan fingerprint density at radius 1 is 1.50 bits per heavy atom. The Morgan fingerprint density at radius 3 is 2.79 bits per heavy atom. The number of azide groups is 2. The van der Waals surface area contributed by atoms with E-state index >= 15 is 0 Å². The molecule has 0 saturated carbocycles. The van der Waals surface area contributed by atoms with Gasteiger partial charge in [0, 0.05) is 16.4 Å². The molecule has 0 N–H and O–H groups in total. The Balaban J connectivity index is 2.91. The van der Waals surface area contributed by atoms with Gasteiger partial charge >= 0.3 is 0 Å². The van der Waals surface area contributed by atoms with E-state index in [1.165, 1.54) is 0 Å². The summed E-state index contributed by atoms with van der Waals surface area (Å²) in [5, 5.41) is 7.14. The van der Waals surface area contributed by atoms with Crippen molar-refractivity contribution in [3.05, 3.63) is 44.7 Å². The van der Waals surface area contributed by atoms with Gasteiger partial charge in [0.2, 0.25) is 0 Å². The summed E-state index contributed by atoms with van der Waals surface area (Å²) in [4.78, 5) is 5.45. The standard InChI is InChI=1S/C8H10N6/c1-8(12-14-10,6-11-13-9)7-4-2-3-5-7/h2-4H,5-6H2,1H3. The first kappa shape index (κ1) is 10.2. The van der Waals surface area contributed by atoms with E-state index in [2.05, 4.69) is 20.1 Å². The Bertz CT molecular complexity index is 369. The van der Waals surface area contributed by atoms with Crippen LogP contribution >= 0.6 is 0 Å². The van der Waals surface area contributed by atoms with Gasteiger partial charge in [0.05, 0.1) is 5.54 Å². The second-order valence-electron chi connectivity index (χ2n) is 3.18. The van der Waals surface area contributed by atoms with Crippen LogP contribution in [0.4, 0.5) is 0 Å². The van der Waals surface area contributed by atoms with E-state index in [1.54, 1.807) is 6.92 Å². The molecule has 1 rings (SSSR count). The summed E-state index contributed by atoms with van der Waals surface area (Å²) in [6.45, 7) is 1.92. The van der Waals surface area contributed by atoms with Crippen molar-refractivity contribution in [2.75, 3.05) is 6.54 Å². The highest BCUT2D eigenvalue weighted by atomic mass is 15.2. The summed E-state index contributed by atoms with van der Waals surface area (Å²) in [6.07, 6.45) is 6.51. The molecule has 6 heteroatoms. The maximum atomic E-state index is 8.44. The van der Waals surface area contributed by atoms with Gasteiger partial charge in [0.25, 0.3) is 0 Å². The van der Waals surface area contributed by atoms with Gasteiger partial charge in [-0.3, -0.25) is 0 Å². The highest BCUT2D eigenvalue weighted by Gasteiger charge is 2.27. The van der Waals surface area contributed by atoms with E-state index in [9.17, 15) is 0 Å². The topological polar surface area (TPSA) is 97.5 Å². The first-order chi connectivity index (χ1) is 6.73. The molecule has 0 aromatic heterocycles. The quantitative estimate of drug-likeness (QED) is 0.369. The second-order valence-corrected chi connectivity index (χ2v) is 3.18. The highest BCUT2D eigenvalue weighted by Crippen LogP contribution is 2.28. The number of rotatable bonds is 4. The largest absolute Gasteiger partial charge is 0.0929 e. The third-order valence-electron chi connectivity index (χ3n) is 2.17. The van der Waals surface area contributed by atoms with Crippen LogP contribution in [0.1, 0.15) is 13.3 Å². The minimum atomic E-state index is -0.732. The minimum Gasteiger partial charge on any atom is -0.0929 e. The fraction of sp³-hybridized carbons (Fsp3) is 0.500. The van der Waals surface area contributed by atoms with Crippen LogP contribution in [-0.2, 0) is 0 Å². The highest BCUT2D eigenvalue weighted by molar-refractivity contribution is 5.32. The van der Waals surface area contributed by atoms with Crippen LogP contribution in [0.25, 0.3) is 20.9 Å².